The zero-order valence-electron chi connectivity index (χ0n) is 8.13. The summed E-state index contributed by atoms with van der Waals surface area (Å²) in [5, 5.41) is 0. The van der Waals surface area contributed by atoms with E-state index in [1.807, 2.05) is 13.1 Å². The number of aromatic nitrogens is 3. The molecule has 2 rings (SSSR count). The molecule has 2 heterocycles. The summed E-state index contributed by atoms with van der Waals surface area (Å²) in [7, 11) is 0. The van der Waals surface area contributed by atoms with E-state index in [0.29, 0.717) is 5.92 Å². The van der Waals surface area contributed by atoms with Crippen LogP contribution in [0.1, 0.15) is 31.2 Å². The second-order valence-electron chi connectivity index (χ2n) is 3.66. The van der Waals surface area contributed by atoms with E-state index in [-0.39, 0.29) is 0 Å². The van der Waals surface area contributed by atoms with Gasteiger partial charge in [-0.2, -0.15) is 0 Å². The van der Waals surface area contributed by atoms with E-state index in [4.69, 9.17) is 0 Å². The van der Waals surface area contributed by atoms with Crippen molar-refractivity contribution in [1.82, 2.24) is 15.0 Å². The molecule has 0 unspecified atom stereocenters. The molecule has 0 aliphatic carbocycles. The van der Waals surface area contributed by atoms with Crippen LogP contribution in [0.5, 0.6) is 0 Å². The third-order valence-electron chi connectivity index (χ3n) is 2.04. The fraction of sp³-hybridized carbons (Fsp3) is 0.400. The standard InChI is InChI=1S/C10H13N3/c1-6(2)9-12-8-4-7(3)5-11-10(8)13-9/h4-6H,1-3H3,(H,11,12,13). The summed E-state index contributed by atoms with van der Waals surface area (Å²) in [6, 6.07) is 2.07. The first-order valence-corrected chi connectivity index (χ1v) is 4.49. The van der Waals surface area contributed by atoms with E-state index in [2.05, 4.69) is 34.9 Å². The van der Waals surface area contributed by atoms with E-state index in [1.54, 1.807) is 0 Å². The van der Waals surface area contributed by atoms with Crippen molar-refractivity contribution in [2.24, 2.45) is 0 Å². The predicted molar refractivity (Wildman–Crippen MR) is 52.7 cm³/mol. The smallest absolute Gasteiger partial charge is 0.177 e. The van der Waals surface area contributed by atoms with Gasteiger partial charge in [-0.15, -0.1) is 0 Å². The molecular formula is C10H13N3. The number of rotatable bonds is 1. The monoisotopic (exact) mass is 175 g/mol. The number of fused-ring (bicyclic) bond motifs is 1. The first kappa shape index (κ1) is 8.23. The van der Waals surface area contributed by atoms with Crippen molar-refractivity contribution >= 4 is 11.2 Å². The van der Waals surface area contributed by atoms with Gasteiger partial charge in [-0.3, -0.25) is 0 Å². The highest BCUT2D eigenvalue weighted by atomic mass is 15.0. The Bertz CT molecular complexity index is 429. The van der Waals surface area contributed by atoms with Crippen LogP contribution in [0.25, 0.3) is 11.2 Å². The molecule has 2 aromatic heterocycles. The predicted octanol–water partition coefficient (Wildman–Crippen LogP) is 2.39. The Hall–Kier alpha value is -1.38. The number of aromatic amines is 1. The summed E-state index contributed by atoms with van der Waals surface area (Å²) >= 11 is 0. The SMILES string of the molecule is Cc1cnc2nc(C(C)C)[nH]c2c1. The summed E-state index contributed by atoms with van der Waals surface area (Å²) in [4.78, 5) is 11.9. The Morgan fingerprint density at radius 1 is 1.38 bits per heavy atom. The third-order valence-corrected chi connectivity index (χ3v) is 2.04. The van der Waals surface area contributed by atoms with Gasteiger partial charge >= 0.3 is 0 Å². The quantitative estimate of drug-likeness (QED) is 0.723. The molecule has 0 saturated heterocycles. The highest BCUT2D eigenvalue weighted by Crippen LogP contribution is 2.15. The number of hydrogen-bond acceptors (Lipinski definition) is 2. The van der Waals surface area contributed by atoms with E-state index in [1.165, 1.54) is 0 Å². The van der Waals surface area contributed by atoms with Gasteiger partial charge in [0.25, 0.3) is 0 Å². The lowest BCUT2D eigenvalue weighted by atomic mass is 10.2. The van der Waals surface area contributed by atoms with Crippen molar-refractivity contribution in [3.63, 3.8) is 0 Å². The molecular weight excluding hydrogens is 162 g/mol. The third kappa shape index (κ3) is 1.41. The topological polar surface area (TPSA) is 41.6 Å². The van der Waals surface area contributed by atoms with Crippen LogP contribution in [0.4, 0.5) is 0 Å². The van der Waals surface area contributed by atoms with Crippen LogP contribution < -0.4 is 0 Å². The lowest BCUT2D eigenvalue weighted by Gasteiger charge is -1.95. The van der Waals surface area contributed by atoms with E-state index < -0.39 is 0 Å². The van der Waals surface area contributed by atoms with Gasteiger partial charge in [0.2, 0.25) is 0 Å². The maximum atomic E-state index is 4.39. The zero-order chi connectivity index (χ0) is 9.42. The molecule has 0 aliphatic heterocycles. The molecule has 1 N–H and O–H groups in total. The molecule has 0 amide bonds. The van der Waals surface area contributed by atoms with Crippen molar-refractivity contribution in [3.8, 4) is 0 Å². The van der Waals surface area contributed by atoms with Gasteiger partial charge in [0.1, 0.15) is 5.82 Å². The van der Waals surface area contributed by atoms with Crippen LogP contribution in [0.15, 0.2) is 12.3 Å². The van der Waals surface area contributed by atoms with Crippen molar-refractivity contribution in [3.05, 3.63) is 23.7 Å². The molecule has 2 aromatic rings. The first-order chi connectivity index (χ1) is 6.16. The fourth-order valence-electron chi connectivity index (χ4n) is 1.30. The van der Waals surface area contributed by atoms with Crippen LogP contribution in [-0.4, -0.2) is 15.0 Å². The van der Waals surface area contributed by atoms with Crippen LogP contribution in [0.3, 0.4) is 0 Å². The van der Waals surface area contributed by atoms with Crippen LogP contribution in [-0.2, 0) is 0 Å². The number of aryl methyl sites for hydroxylation is 1. The lowest BCUT2D eigenvalue weighted by Crippen LogP contribution is -1.88. The normalized spacial score (nSPS) is 11.4. The van der Waals surface area contributed by atoms with Crippen LogP contribution in [0.2, 0.25) is 0 Å². The van der Waals surface area contributed by atoms with Crippen molar-refractivity contribution in [2.75, 3.05) is 0 Å². The van der Waals surface area contributed by atoms with Gasteiger partial charge in [-0.05, 0) is 18.6 Å². The maximum absolute atomic E-state index is 4.39. The summed E-state index contributed by atoms with van der Waals surface area (Å²) < 4.78 is 0. The van der Waals surface area contributed by atoms with Gasteiger partial charge in [0.05, 0.1) is 5.52 Å². The highest BCUT2D eigenvalue weighted by Gasteiger charge is 2.06. The Balaban J connectivity index is 2.62. The number of pyridine rings is 1. The first-order valence-electron chi connectivity index (χ1n) is 4.49. The number of hydrogen-bond donors (Lipinski definition) is 1. The number of imidazole rings is 1. The Labute approximate surface area is 77.2 Å². The molecule has 0 radical (unpaired) electrons. The maximum Gasteiger partial charge on any atom is 0.177 e. The molecule has 0 spiro atoms. The minimum absolute atomic E-state index is 0.425. The molecule has 0 saturated carbocycles. The fourth-order valence-corrected chi connectivity index (χ4v) is 1.30. The van der Waals surface area contributed by atoms with Crippen molar-refractivity contribution < 1.29 is 0 Å². The minimum Gasteiger partial charge on any atom is -0.340 e. The van der Waals surface area contributed by atoms with Crippen LogP contribution >= 0.6 is 0 Å². The average Bonchev–Trinajstić information content (AvgIpc) is 2.46. The molecule has 0 aromatic carbocycles. The average molecular weight is 175 g/mol. The van der Waals surface area contributed by atoms with Crippen molar-refractivity contribution in [1.29, 1.82) is 0 Å². The molecule has 68 valence electrons. The van der Waals surface area contributed by atoms with E-state index in [0.717, 1.165) is 22.6 Å². The van der Waals surface area contributed by atoms with Gasteiger partial charge in [-0.25, -0.2) is 9.97 Å². The van der Waals surface area contributed by atoms with Gasteiger partial charge in [-0.1, -0.05) is 13.8 Å². The zero-order valence-corrected chi connectivity index (χ0v) is 8.13. The molecule has 0 bridgehead atoms. The summed E-state index contributed by atoms with van der Waals surface area (Å²) in [5.41, 5.74) is 3.00. The largest absolute Gasteiger partial charge is 0.340 e. The van der Waals surface area contributed by atoms with Gasteiger partial charge in [0, 0.05) is 12.1 Å². The summed E-state index contributed by atoms with van der Waals surface area (Å²) in [5.74, 6) is 1.43. The molecule has 0 aliphatic rings. The Kier molecular flexibility index (Phi) is 1.79. The molecule has 3 nitrogen and oxygen atoms in total. The van der Waals surface area contributed by atoms with Gasteiger partial charge in [0.15, 0.2) is 5.65 Å². The summed E-state index contributed by atoms with van der Waals surface area (Å²) in [6.07, 6.45) is 1.84. The highest BCUT2D eigenvalue weighted by molar-refractivity contribution is 5.71. The number of H-pyrrole nitrogens is 1. The molecule has 0 atom stereocenters. The van der Waals surface area contributed by atoms with Crippen LogP contribution in [0, 0.1) is 6.92 Å². The minimum atomic E-state index is 0.425. The number of nitrogens with zero attached hydrogens (tertiary/aromatic N) is 2. The molecule has 13 heavy (non-hydrogen) atoms. The summed E-state index contributed by atoms with van der Waals surface area (Å²) in [6.45, 7) is 6.26. The van der Waals surface area contributed by atoms with Gasteiger partial charge < -0.3 is 4.98 Å². The Morgan fingerprint density at radius 3 is 2.85 bits per heavy atom. The molecule has 0 fully saturated rings. The van der Waals surface area contributed by atoms with E-state index in [9.17, 15) is 0 Å². The second-order valence-corrected chi connectivity index (χ2v) is 3.66. The Morgan fingerprint density at radius 2 is 2.15 bits per heavy atom. The molecule has 3 heteroatoms. The number of nitrogens with one attached hydrogen (secondary N) is 1. The lowest BCUT2D eigenvalue weighted by molar-refractivity contribution is 0.798. The van der Waals surface area contributed by atoms with Crippen molar-refractivity contribution in [2.45, 2.75) is 26.7 Å². The van der Waals surface area contributed by atoms with E-state index >= 15 is 0 Å². The second kappa shape index (κ2) is 2.83.